The second-order valence-electron chi connectivity index (χ2n) is 8.63. The van der Waals surface area contributed by atoms with Crippen LogP contribution in [0.3, 0.4) is 0 Å². The number of hydrogen-bond acceptors (Lipinski definition) is 5. The summed E-state index contributed by atoms with van der Waals surface area (Å²) >= 11 is 6.12. The van der Waals surface area contributed by atoms with Crippen LogP contribution in [0.2, 0.25) is 5.02 Å². The molecule has 1 fully saturated rings. The number of rotatable bonds is 8. The van der Waals surface area contributed by atoms with Crippen LogP contribution in [-0.4, -0.2) is 58.7 Å². The van der Waals surface area contributed by atoms with E-state index < -0.39 is 34.5 Å². The van der Waals surface area contributed by atoms with E-state index in [0.717, 1.165) is 4.31 Å². The van der Waals surface area contributed by atoms with Gasteiger partial charge in [-0.05, 0) is 62.7 Å². The summed E-state index contributed by atoms with van der Waals surface area (Å²) in [6, 6.07) is 8.09. The minimum atomic E-state index is -4.26. The average Bonchev–Trinajstić information content (AvgIpc) is 3.36. The van der Waals surface area contributed by atoms with Crippen LogP contribution in [-0.2, 0) is 21.2 Å². The largest absolute Gasteiger partial charge is 0.491 e. The standard InChI is InChI=1S/C23H24ClF2N3O5S/c1-13(2)34-16-4-6-17(7-5-16)35(32,33)28-12-15(10-21(28)23(25)26)29-20-9-14(24)3-8-18(20)19(27-29)11-22(30)31/h3-9,13,15,21,23H,10-12H2,1-2H3,(H,30,31)/t15-,21?/m1/s1. The van der Waals surface area contributed by atoms with Crippen molar-refractivity contribution < 1.29 is 31.8 Å². The van der Waals surface area contributed by atoms with Crippen LogP contribution in [0, 0.1) is 0 Å². The topological polar surface area (TPSA) is 102 Å². The summed E-state index contributed by atoms with van der Waals surface area (Å²) in [6.45, 7) is 3.41. The number of aromatic nitrogens is 2. The van der Waals surface area contributed by atoms with E-state index in [0.29, 0.717) is 21.7 Å². The van der Waals surface area contributed by atoms with E-state index in [1.54, 1.807) is 18.2 Å². The van der Waals surface area contributed by atoms with Gasteiger partial charge in [0.05, 0.1) is 40.7 Å². The summed E-state index contributed by atoms with van der Waals surface area (Å²) in [6.07, 6.45) is -3.60. The number of ether oxygens (including phenoxy) is 1. The van der Waals surface area contributed by atoms with Gasteiger partial charge in [0.1, 0.15) is 5.75 Å². The predicted molar refractivity (Wildman–Crippen MR) is 126 cm³/mol. The molecule has 1 aromatic heterocycles. The van der Waals surface area contributed by atoms with Crippen molar-refractivity contribution in [3.8, 4) is 5.75 Å². The third-order valence-corrected chi connectivity index (χ3v) is 7.92. The van der Waals surface area contributed by atoms with Crippen LogP contribution in [0.4, 0.5) is 8.78 Å². The van der Waals surface area contributed by atoms with Crippen LogP contribution >= 0.6 is 11.6 Å². The number of carbonyl (C=O) groups is 1. The maximum atomic E-state index is 14.0. The highest BCUT2D eigenvalue weighted by Crippen LogP contribution is 2.37. The van der Waals surface area contributed by atoms with Crippen molar-refractivity contribution in [2.45, 2.75) is 56.2 Å². The Morgan fingerprint density at radius 3 is 2.51 bits per heavy atom. The van der Waals surface area contributed by atoms with Crippen molar-refractivity contribution >= 4 is 38.5 Å². The molecule has 188 valence electrons. The minimum Gasteiger partial charge on any atom is -0.491 e. The lowest BCUT2D eigenvalue weighted by molar-refractivity contribution is -0.136. The summed E-state index contributed by atoms with van der Waals surface area (Å²) in [7, 11) is -4.26. The number of halogens is 3. The predicted octanol–water partition coefficient (Wildman–Crippen LogP) is 4.37. The molecule has 0 amide bonds. The molecule has 8 nitrogen and oxygen atoms in total. The van der Waals surface area contributed by atoms with Crippen LogP contribution in [0.25, 0.3) is 10.9 Å². The van der Waals surface area contributed by atoms with Crippen molar-refractivity contribution in [1.29, 1.82) is 0 Å². The van der Waals surface area contributed by atoms with Crippen LogP contribution in [0.5, 0.6) is 5.75 Å². The molecule has 2 aromatic carbocycles. The van der Waals surface area contributed by atoms with E-state index >= 15 is 0 Å². The van der Waals surface area contributed by atoms with Gasteiger partial charge < -0.3 is 9.84 Å². The Morgan fingerprint density at radius 1 is 1.23 bits per heavy atom. The van der Waals surface area contributed by atoms with Crippen molar-refractivity contribution in [2.75, 3.05) is 6.54 Å². The maximum Gasteiger partial charge on any atom is 0.309 e. The number of sulfonamides is 1. The number of carboxylic acids is 1. The van der Waals surface area contributed by atoms with Gasteiger partial charge >= 0.3 is 5.97 Å². The molecule has 1 aliphatic heterocycles. The Labute approximate surface area is 206 Å². The normalized spacial score (nSPS) is 19.2. The van der Waals surface area contributed by atoms with E-state index in [-0.39, 0.29) is 36.1 Å². The van der Waals surface area contributed by atoms with Gasteiger partial charge in [-0.1, -0.05) is 11.6 Å². The van der Waals surface area contributed by atoms with Gasteiger partial charge in [-0.15, -0.1) is 0 Å². The molecule has 12 heteroatoms. The van der Waals surface area contributed by atoms with Gasteiger partial charge in [0.2, 0.25) is 10.0 Å². The van der Waals surface area contributed by atoms with E-state index in [1.165, 1.54) is 28.9 Å². The number of alkyl halides is 2. The Balaban J connectivity index is 1.70. The van der Waals surface area contributed by atoms with Crippen LogP contribution < -0.4 is 4.74 Å². The Hall–Kier alpha value is -2.76. The quantitative estimate of drug-likeness (QED) is 0.466. The summed E-state index contributed by atoms with van der Waals surface area (Å²) in [5.74, 6) is -0.632. The second kappa shape index (κ2) is 9.71. The maximum absolute atomic E-state index is 14.0. The van der Waals surface area contributed by atoms with Crippen molar-refractivity contribution in [3.63, 3.8) is 0 Å². The second-order valence-corrected chi connectivity index (χ2v) is 11.0. The first-order chi connectivity index (χ1) is 16.5. The molecule has 4 rings (SSSR count). The number of nitrogens with zero attached hydrogens (tertiary/aromatic N) is 3. The zero-order valence-corrected chi connectivity index (χ0v) is 20.5. The lowest BCUT2D eigenvalue weighted by Crippen LogP contribution is -2.39. The van der Waals surface area contributed by atoms with Gasteiger partial charge in [0.15, 0.2) is 0 Å². The molecular weight excluding hydrogens is 504 g/mol. The highest BCUT2D eigenvalue weighted by atomic mass is 35.5. The smallest absolute Gasteiger partial charge is 0.309 e. The third-order valence-electron chi connectivity index (χ3n) is 5.78. The highest BCUT2D eigenvalue weighted by Gasteiger charge is 2.46. The zero-order valence-electron chi connectivity index (χ0n) is 18.9. The molecule has 0 bridgehead atoms. The molecule has 35 heavy (non-hydrogen) atoms. The fourth-order valence-electron chi connectivity index (χ4n) is 4.32. The van der Waals surface area contributed by atoms with Crippen molar-refractivity contribution in [3.05, 3.63) is 53.2 Å². The lowest BCUT2D eigenvalue weighted by Gasteiger charge is -2.23. The Morgan fingerprint density at radius 2 is 1.91 bits per heavy atom. The molecule has 3 aromatic rings. The summed E-state index contributed by atoms with van der Waals surface area (Å²) in [5.41, 5.74) is 0.709. The Bertz CT molecular complexity index is 1350. The van der Waals surface area contributed by atoms with E-state index in [1.807, 2.05) is 13.8 Å². The molecular formula is C23H24ClF2N3O5S. The van der Waals surface area contributed by atoms with Gasteiger partial charge in [0, 0.05) is 17.0 Å². The molecule has 0 spiro atoms. The molecule has 2 atom stereocenters. The molecule has 2 heterocycles. The number of benzene rings is 2. The van der Waals surface area contributed by atoms with E-state index in [4.69, 9.17) is 16.3 Å². The number of aliphatic carboxylic acids is 1. The first kappa shape index (κ1) is 25.3. The van der Waals surface area contributed by atoms with Gasteiger partial charge in [0.25, 0.3) is 6.43 Å². The number of hydrogen-bond donors (Lipinski definition) is 1. The van der Waals surface area contributed by atoms with Gasteiger partial charge in [-0.25, -0.2) is 17.2 Å². The minimum absolute atomic E-state index is 0.108. The number of fused-ring (bicyclic) bond motifs is 1. The van der Waals surface area contributed by atoms with Gasteiger partial charge in [-0.3, -0.25) is 9.48 Å². The fraction of sp³-hybridized carbons (Fsp3) is 0.391. The zero-order chi connectivity index (χ0) is 25.5. The van der Waals surface area contributed by atoms with Crippen LogP contribution in [0.1, 0.15) is 32.0 Å². The Kier molecular flexibility index (Phi) is 7.03. The molecule has 0 radical (unpaired) electrons. The monoisotopic (exact) mass is 527 g/mol. The molecule has 1 saturated heterocycles. The molecule has 1 N–H and O–H groups in total. The number of carboxylic acid groups (broad SMARTS) is 1. The molecule has 0 aliphatic carbocycles. The van der Waals surface area contributed by atoms with E-state index in [2.05, 4.69) is 5.10 Å². The summed E-state index contributed by atoms with van der Waals surface area (Å²) < 4.78 is 62.5. The molecule has 1 aliphatic rings. The average molecular weight is 528 g/mol. The molecule has 1 unspecified atom stereocenters. The van der Waals surface area contributed by atoms with Crippen molar-refractivity contribution in [1.82, 2.24) is 14.1 Å². The lowest BCUT2D eigenvalue weighted by atomic mass is 10.1. The van der Waals surface area contributed by atoms with Crippen LogP contribution in [0.15, 0.2) is 47.4 Å². The fourth-order valence-corrected chi connectivity index (χ4v) is 6.14. The molecule has 0 saturated carbocycles. The summed E-state index contributed by atoms with van der Waals surface area (Å²) in [4.78, 5) is 11.2. The van der Waals surface area contributed by atoms with E-state index in [9.17, 15) is 27.1 Å². The first-order valence-electron chi connectivity index (χ1n) is 10.9. The summed E-state index contributed by atoms with van der Waals surface area (Å²) in [5, 5.41) is 14.5. The SMILES string of the molecule is CC(C)Oc1ccc(S(=O)(=O)N2C[C@H](n3nc(CC(=O)O)c4ccc(Cl)cc43)CC2C(F)F)cc1. The first-order valence-corrected chi connectivity index (χ1v) is 12.7. The van der Waals surface area contributed by atoms with Gasteiger partial charge in [-0.2, -0.15) is 9.40 Å². The third kappa shape index (κ3) is 5.12. The van der Waals surface area contributed by atoms with Crippen molar-refractivity contribution in [2.24, 2.45) is 0 Å². The highest BCUT2D eigenvalue weighted by molar-refractivity contribution is 7.89.